The molecular formula is C13H16N2O4. The van der Waals surface area contributed by atoms with Crippen LogP contribution in [0.15, 0.2) is 18.2 Å². The minimum Gasteiger partial charge on any atom is -0.454 e. The lowest BCUT2D eigenvalue weighted by Gasteiger charge is -2.07. The Hall–Kier alpha value is -2.24. The summed E-state index contributed by atoms with van der Waals surface area (Å²) in [7, 11) is 0. The molecule has 0 radical (unpaired) electrons. The van der Waals surface area contributed by atoms with Crippen LogP contribution in [0.3, 0.4) is 0 Å². The first kappa shape index (κ1) is 13.2. The third-order valence-corrected chi connectivity index (χ3v) is 2.71. The van der Waals surface area contributed by atoms with E-state index in [1.165, 1.54) is 0 Å². The van der Waals surface area contributed by atoms with E-state index in [0.717, 1.165) is 12.8 Å². The van der Waals surface area contributed by atoms with Crippen molar-refractivity contribution in [2.45, 2.75) is 26.2 Å². The van der Waals surface area contributed by atoms with Crippen LogP contribution < -0.4 is 20.3 Å². The average molecular weight is 264 g/mol. The van der Waals surface area contributed by atoms with E-state index in [9.17, 15) is 9.59 Å². The van der Waals surface area contributed by atoms with Gasteiger partial charge in [-0.15, -0.1) is 0 Å². The fourth-order valence-electron chi connectivity index (χ4n) is 1.64. The lowest BCUT2D eigenvalue weighted by atomic mass is 10.2. The predicted octanol–water partition coefficient (Wildman–Crippen LogP) is 1.37. The van der Waals surface area contributed by atoms with Crippen molar-refractivity contribution in [3.05, 3.63) is 23.8 Å². The number of nitrogens with one attached hydrogen (secondary N) is 2. The van der Waals surface area contributed by atoms with Gasteiger partial charge in [-0.3, -0.25) is 20.4 Å². The van der Waals surface area contributed by atoms with Gasteiger partial charge in [-0.2, -0.15) is 0 Å². The van der Waals surface area contributed by atoms with E-state index in [-0.39, 0.29) is 18.6 Å². The quantitative estimate of drug-likeness (QED) is 0.805. The van der Waals surface area contributed by atoms with Crippen LogP contribution in [0.1, 0.15) is 36.5 Å². The van der Waals surface area contributed by atoms with E-state index in [0.29, 0.717) is 23.5 Å². The highest BCUT2D eigenvalue weighted by molar-refractivity contribution is 5.96. The van der Waals surface area contributed by atoms with Gasteiger partial charge >= 0.3 is 0 Å². The van der Waals surface area contributed by atoms with Crippen LogP contribution in [0.4, 0.5) is 0 Å². The van der Waals surface area contributed by atoms with Gasteiger partial charge in [0.2, 0.25) is 12.7 Å². The lowest BCUT2D eigenvalue weighted by Crippen LogP contribution is -2.41. The second-order valence-electron chi connectivity index (χ2n) is 4.17. The second kappa shape index (κ2) is 6.08. The minimum atomic E-state index is -0.386. The van der Waals surface area contributed by atoms with Gasteiger partial charge in [0.05, 0.1) is 0 Å². The molecule has 0 saturated carbocycles. The zero-order chi connectivity index (χ0) is 13.7. The number of carbonyl (C=O) groups is 2. The minimum absolute atomic E-state index is 0.161. The highest BCUT2D eigenvalue weighted by Crippen LogP contribution is 2.32. The Kier molecular flexibility index (Phi) is 4.22. The van der Waals surface area contributed by atoms with Crippen LogP contribution in [0, 0.1) is 0 Å². The molecule has 102 valence electrons. The molecule has 1 aliphatic heterocycles. The number of hydrazine groups is 1. The number of hydrogen-bond donors (Lipinski definition) is 2. The van der Waals surface area contributed by atoms with E-state index >= 15 is 0 Å². The maximum Gasteiger partial charge on any atom is 0.269 e. The summed E-state index contributed by atoms with van der Waals surface area (Å²) in [6, 6.07) is 4.85. The maximum absolute atomic E-state index is 11.8. The summed E-state index contributed by atoms with van der Waals surface area (Å²) in [6.07, 6.45) is 2.13. The molecule has 19 heavy (non-hydrogen) atoms. The van der Waals surface area contributed by atoms with E-state index < -0.39 is 0 Å². The molecular weight excluding hydrogens is 248 g/mol. The predicted molar refractivity (Wildman–Crippen MR) is 67.7 cm³/mol. The van der Waals surface area contributed by atoms with Crippen molar-refractivity contribution < 1.29 is 19.1 Å². The highest BCUT2D eigenvalue weighted by Gasteiger charge is 2.16. The first-order valence-corrected chi connectivity index (χ1v) is 6.19. The molecule has 0 aromatic heterocycles. The largest absolute Gasteiger partial charge is 0.454 e. The van der Waals surface area contributed by atoms with Gasteiger partial charge in [0.1, 0.15) is 0 Å². The molecule has 0 spiro atoms. The van der Waals surface area contributed by atoms with Crippen molar-refractivity contribution in [1.29, 1.82) is 0 Å². The Morgan fingerprint density at radius 2 is 2.00 bits per heavy atom. The molecule has 1 aromatic carbocycles. The molecule has 1 heterocycles. The third-order valence-electron chi connectivity index (χ3n) is 2.71. The molecule has 0 bridgehead atoms. The number of hydrogen-bond acceptors (Lipinski definition) is 4. The number of carbonyl (C=O) groups excluding carboxylic acids is 2. The number of amides is 2. The molecule has 0 saturated heterocycles. The summed E-state index contributed by atoms with van der Waals surface area (Å²) in [5.74, 6) is 0.563. The van der Waals surface area contributed by atoms with Gasteiger partial charge in [0.25, 0.3) is 5.91 Å². The van der Waals surface area contributed by atoms with Crippen LogP contribution in [0.25, 0.3) is 0 Å². The Bertz CT molecular complexity index is 488. The summed E-state index contributed by atoms with van der Waals surface area (Å²) in [4.78, 5) is 23.2. The molecule has 2 amide bonds. The van der Waals surface area contributed by atoms with Crippen molar-refractivity contribution in [2.24, 2.45) is 0 Å². The first-order valence-electron chi connectivity index (χ1n) is 6.19. The van der Waals surface area contributed by atoms with Gasteiger partial charge < -0.3 is 9.47 Å². The lowest BCUT2D eigenvalue weighted by molar-refractivity contribution is -0.121. The smallest absolute Gasteiger partial charge is 0.269 e. The number of benzene rings is 1. The van der Waals surface area contributed by atoms with Crippen LogP contribution >= 0.6 is 0 Å². The van der Waals surface area contributed by atoms with Crippen LogP contribution in [0.2, 0.25) is 0 Å². The maximum atomic E-state index is 11.8. The molecule has 1 aromatic rings. The van der Waals surface area contributed by atoms with Gasteiger partial charge in [0.15, 0.2) is 11.5 Å². The molecule has 0 fully saturated rings. The molecule has 6 heteroatoms. The van der Waals surface area contributed by atoms with Crippen molar-refractivity contribution >= 4 is 11.8 Å². The Morgan fingerprint density at radius 1 is 1.21 bits per heavy atom. The molecule has 0 aliphatic carbocycles. The summed E-state index contributed by atoms with van der Waals surface area (Å²) in [6.45, 7) is 2.16. The number of fused-ring (bicyclic) bond motifs is 1. The second-order valence-corrected chi connectivity index (χ2v) is 4.17. The fraction of sp³-hybridized carbons (Fsp3) is 0.385. The van der Waals surface area contributed by atoms with Crippen LogP contribution in [0.5, 0.6) is 11.5 Å². The topological polar surface area (TPSA) is 76.7 Å². The number of rotatable bonds is 4. The summed E-state index contributed by atoms with van der Waals surface area (Å²) < 4.78 is 10.3. The van der Waals surface area contributed by atoms with Gasteiger partial charge in [0, 0.05) is 12.0 Å². The Balaban J connectivity index is 1.88. The van der Waals surface area contributed by atoms with Crippen LogP contribution in [-0.4, -0.2) is 18.6 Å². The molecule has 2 N–H and O–H groups in total. The van der Waals surface area contributed by atoms with Gasteiger partial charge in [-0.25, -0.2) is 0 Å². The van der Waals surface area contributed by atoms with Crippen molar-refractivity contribution in [1.82, 2.24) is 10.9 Å². The molecule has 0 atom stereocenters. The van der Waals surface area contributed by atoms with Crippen molar-refractivity contribution in [2.75, 3.05) is 6.79 Å². The average Bonchev–Trinajstić information content (AvgIpc) is 2.89. The zero-order valence-corrected chi connectivity index (χ0v) is 10.7. The van der Waals surface area contributed by atoms with Crippen molar-refractivity contribution in [3.63, 3.8) is 0 Å². The third kappa shape index (κ3) is 3.37. The van der Waals surface area contributed by atoms with E-state index in [4.69, 9.17) is 9.47 Å². The summed E-state index contributed by atoms with van der Waals surface area (Å²) in [5.41, 5.74) is 5.14. The SMILES string of the molecule is CCCCC(=O)NNC(=O)c1ccc2c(c1)OCO2. The molecule has 2 rings (SSSR count). The molecule has 0 unspecified atom stereocenters. The van der Waals surface area contributed by atoms with E-state index in [2.05, 4.69) is 10.9 Å². The standard InChI is InChI=1S/C13H16N2O4/c1-2-3-4-12(16)14-15-13(17)9-5-6-10-11(7-9)19-8-18-10/h5-7H,2-4,8H2,1H3,(H,14,16)(H,15,17). The van der Waals surface area contributed by atoms with Gasteiger partial charge in [-0.05, 0) is 24.6 Å². The van der Waals surface area contributed by atoms with Crippen molar-refractivity contribution in [3.8, 4) is 11.5 Å². The Labute approximate surface area is 111 Å². The van der Waals surface area contributed by atoms with Crippen LogP contribution in [-0.2, 0) is 4.79 Å². The monoisotopic (exact) mass is 264 g/mol. The molecule has 6 nitrogen and oxygen atoms in total. The highest BCUT2D eigenvalue weighted by atomic mass is 16.7. The zero-order valence-electron chi connectivity index (χ0n) is 10.7. The number of unbranched alkanes of at least 4 members (excludes halogenated alkanes) is 1. The molecule has 1 aliphatic rings. The summed E-state index contributed by atoms with van der Waals surface area (Å²) in [5, 5.41) is 0. The van der Waals surface area contributed by atoms with Gasteiger partial charge in [-0.1, -0.05) is 13.3 Å². The fourth-order valence-corrected chi connectivity index (χ4v) is 1.64. The van der Waals surface area contributed by atoms with E-state index in [1.807, 2.05) is 6.92 Å². The van der Waals surface area contributed by atoms with E-state index in [1.54, 1.807) is 18.2 Å². The number of ether oxygens (including phenoxy) is 2. The Morgan fingerprint density at radius 3 is 2.79 bits per heavy atom. The normalized spacial score (nSPS) is 12.1. The first-order chi connectivity index (χ1) is 9.20. The summed E-state index contributed by atoms with van der Waals surface area (Å²) >= 11 is 0.